The third kappa shape index (κ3) is 4.44. The Hall–Kier alpha value is -2.59. The predicted molar refractivity (Wildman–Crippen MR) is 96.9 cm³/mol. The van der Waals surface area contributed by atoms with Crippen LogP contribution in [0.5, 0.6) is 0 Å². The van der Waals surface area contributed by atoms with Crippen molar-refractivity contribution in [2.45, 2.75) is 4.90 Å². The molecule has 3 nitrogen and oxygen atoms in total. The Balaban J connectivity index is 1.54. The van der Waals surface area contributed by atoms with Crippen molar-refractivity contribution in [2.24, 2.45) is 5.10 Å². The summed E-state index contributed by atoms with van der Waals surface area (Å²) in [6.45, 7) is 0. The topological polar surface area (TPSA) is 41.5 Å². The van der Waals surface area contributed by atoms with Crippen molar-refractivity contribution in [2.75, 3.05) is 5.75 Å². The molecule has 0 bridgehead atoms. The second-order valence-electron chi connectivity index (χ2n) is 5.00. The zero-order valence-corrected chi connectivity index (χ0v) is 13.3. The minimum Gasteiger partial charge on any atom is -0.272 e. The molecule has 0 aromatic heterocycles. The molecule has 1 N–H and O–H groups in total. The van der Waals surface area contributed by atoms with Crippen molar-refractivity contribution in [3.63, 3.8) is 0 Å². The quantitative estimate of drug-likeness (QED) is 0.437. The number of nitrogens with zero attached hydrogens (tertiary/aromatic N) is 1. The lowest BCUT2D eigenvalue weighted by atomic mass is 10.1. The summed E-state index contributed by atoms with van der Waals surface area (Å²) in [6, 6.07) is 24.1. The van der Waals surface area contributed by atoms with Gasteiger partial charge in [0.15, 0.2) is 0 Å². The van der Waals surface area contributed by atoms with Gasteiger partial charge in [0.25, 0.3) is 0 Å². The van der Waals surface area contributed by atoms with Crippen molar-refractivity contribution in [3.8, 4) is 0 Å². The molecule has 114 valence electrons. The molecule has 0 atom stereocenters. The number of benzene rings is 3. The fourth-order valence-electron chi connectivity index (χ4n) is 2.16. The number of hydrogen-bond donors (Lipinski definition) is 1. The molecule has 0 fully saturated rings. The average molecular weight is 320 g/mol. The minimum absolute atomic E-state index is 0.115. The lowest BCUT2D eigenvalue weighted by Gasteiger charge is -2.01. The summed E-state index contributed by atoms with van der Waals surface area (Å²) in [4.78, 5) is 12.8. The van der Waals surface area contributed by atoms with Crippen LogP contribution in [0.4, 0.5) is 0 Å². The van der Waals surface area contributed by atoms with E-state index in [0.717, 1.165) is 15.8 Å². The molecule has 3 rings (SSSR count). The molecular formula is C19H16N2OS. The van der Waals surface area contributed by atoms with E-state index >= 15 is 0 Å². The maximum Gasteiger partial charge on any atom is 0.250 e. The molecule has 3 aromatic carbocycles. The molecule has 0 spiro atoms. The molecular weight excluding hydrogens is 304 g/mol. The van der Waals surface area contributed by atoms with Crippen molar-refractivity contribution in [1.29, 1.82) is 0 Å². The van der Waals surface area contributed by atoms with Gasteiger partial charge < -0.3 is 0 Å². The first kappa shape index (κ1) is 15.3. The van der Waals surface area contributed by atoms with Crippen LogP contribution in [0, 0.1) is 0 Å². The first-order valence-electron chi connectivity index (χ1n) is 7.30. The third-order valence-corrected chi connectivity index (χ3v) is 4.30. The minimum atomic E-state index is -0.115. The van der Waals surface area contributed by atoms with Crippen molar-refractivity contribution < 1.29 is 4.79 Å². The van der Waals surface area contributed by atoms with Gasteiger partial charge in [-0.1, -0.05) is 54.6 Å². The van der Waals surface area contributed by atoms with Gasteiger partial charge in [-0.2, -0.15) is 5.10 Å². The molecule has 0 aliphatic rings. The smallest absolute Gasteiger partial charge is 0.250 e. The van der Waals surface area contributed by atoms with Crippen LogP contribution in [0.1, 0.15) is 5.56 Å². The van der Waals surface area contributed by atoms with Gasteiger partial charge in [0.05, 0.1) is 12.0 Å². The number of carbonyl (C=O) groups excluding carboxylic acids is 1. The van der Waals surface area contributed by atoms with E-state index in [2.05, 4.69) is 22.7 Å². The molecule has 1 amide bonds. The van der Waals surface area contributed by atoms with Gasteiger partial charge in [-0.05, 0) is 34.5 Å². The summed E-state index contributed by atoms with van der Waals surface area (Å²) < 4.78 is 0. The van der Waals surface area contributed by atoms with Gasteiger partial charge in [-0.15, -0.1) is 11.8 Å². The Morgan fingerprint density at radius 2 is 1.70 bits per heavy atom. The lowest BCUT2D eigenvalue weighted by molar-refractivity contribution is -0.118. The molecule has 23 heavy (non-hydrogen) atoms. The second kappa shape index (κ2) is 7.61. The van der Waals surface area contributed by atoms with E-state index in [0.29, 0.717) is 5.75 Å². The fourth-order valence-corrected chi connectivity index (χ4v) is 2.88. The van der Waals surface area contributed by atoms with Crippen molar-refractivity contribution in [1.82, 2.24) is 5.43 Å². The number of fused-ring (bicyclic) bond motifs is 1. The molecule has 4 heteroatoms. The Labute approximate surface area is 139 Å². The summed E-state index contributed by atoms with van der Waals surface area (Å²) in [5, 5.41) is 6.37. The second-order valence-corrected chi connectivity index (χ2v) is 6.05. The molecule has 3 aromatic rings. The molecule has 0 aliphatic heterocycles. The molecule has 0 radical (unpaired) electrons. The Morgan fingerprint density at radius 3 is 2.52 bits per heavy atom. The summed E-state index contributed by atoms with van der Waals surface area (Å²) in [5.74, 6) is 0.231. The van der Waals surface area contributed by atoms with Gasteiger partial charge in [-0.3, -0.25) is 4.79 Å². The van der Waals surface area contributed by atoms with Crippen molar-refractivity contribution >= 4 is 34.7 Å². The molecule has 0 saturated carbocycles. The number of hydrogen-bond acceptors (Lipinski definition) is 3. The van der Waals surface area contributed by atoms with Gasteiger partial charge in [0, 0.05) is 4.90 Å². The maximum absolute atomic E-state index is 11.8. The first-order chi connectivity index (χ1) is 11.3. The number of rotatable bonds is 5. The van der Waals surface area contributed by atoms with Crippen LogP contribution in [-0.2, 0) is 4.79 Å². The fraction of sp³-hybridized carbons (Fsp3) is 0.0526. The van der Waals surface area contributed by atoms with E-state index in [1.807, 2.05) is 60.7 Å². The van der Waals surface area contributed by atoms with Crippen LogP contribution in [0.2, 0.25) is 0 Å². The number of hydrazone groups is 1. The zero-order chi connectivity index (χ0) is 15.9. The SMILES string of the molecule is O=C(CSc1ccccc1)NN=Cc1ccc2ccccc2c1. The number of amides is 1. The number of nitrogens with one attached hydrogen (secondary N) is 1. The lowest BCUT2D eigenvalue weighted by Crippen LogP contribution is -2.19. The van der Waals surface area contributed by atoms with Gasteiger partial charge in [0.1, 0.15) is 0 Å². The summed E-state index contributed by atoms with van der Waals surface area (Å²) in [6.07, 6.45) is 1.66. The highest BCUT2D eigenvalue weighted by molar-refractivity contribution is 8.00. The first-order valence-corrected chi connectivity index (χ1v) is 8.28. The Bertz CT molecular complexity index is 831. The maximum atomic E-state index is 11.8. The van der Waals surface area contributed by atoms with Gasteiger partial charge in [0.2, 0.25) is 5.91 Å². The van der Waals surface area contributed by atoms with Crippen molar-refractivity contribution in [3.05, 3.63) is 78.4 Å². The Morgan fingerprint density at radius 1 is 0.957 bits per heavy atom. The van der Waals surface area contributed by atoms with E-state index in [1.54, 1.807) is 6.21 Å². The monoisotopic (exact) mass is 320 g/mol. The molecule has 0 heterocycles. The highest BCUT2D eigenvalue weighted by atomic mass is 32.2. The highest BCUT2D eigenvalue weighted by Gasteiger charge is 2.01. The zero-order valence-electron chi connectivity index (χ0n) is 12.5. The standard InChI is InChI=1S/C19H16N2OS/c22-19(14-23-18-8-2-1-3-9-18)21-20-13-15-10-11-16-6-4-5-7-17(16)12-15/h1-13H,14H2,(H,21,22). The highest BCUT2D eigenvalue weighted by Crippen LogP contribution is 2.16. The number of carbonyl (C=O) groups is 1. The van der Waals surface area contributed by atoms with Crippen LogP contribution >= 0.6 is 11.8 Å². The van der Waals surface area contributed by atoms with Crippen LogP contribution in [0.3, 0.4) is 0 Å². The molecule has 0 unspecified atom stereocenters. The molecule has 0 aliphatic carbocycles. The molecule has 0 saturated heterocycles. The normalized spacial score (nSPS) is 11.0. The average Bonchev–Trinajstić information content (AvgIpc) is 2.61. The van der Waals surface area contributed by atoms with Gasteiger partial charge in [-0.25, -0.2) is 5.43 Å². The van der Waals surface area contributed by atoms with Crippen LogP contribution in [-0.4, -0.2) is 17.9 Å². The third-order valence-electron chi connectivity index (χ3n) is 3.29. The Kier molecular flexibility index (Phi) is 5.06. The van der Waals surface area contributed by atoms with Gasteiger partial charge >= 0.3 is 0 Å². The van der Waals surface area contributed by atoms with Crippen LogP contribution in [0.15, 0.2) is 82.8 Å². The summed E-state index contributed by atoms with van der Waals surface area (Å²) in [7, 11) is 0. The number of thioether (sulfide) groups is 1. The summed E-state index contributed by atoms with van der Waals surface area (Å²) >= 11 is 1.49. The van der Waals surface area contributed by atoms with E-state index in [1.165, 1.54) is 17.1 Å². The van der Waals surface area contributed by atoms with Crippen LogP contribution in [0.25, 0.3) is 10.8 Å². The van der Waals surface area contributed by atoms with Crippen LogP contribution < -0.4 is 5.43 Å². The largest absolute Gasteiger partial charge is 0.272 e. The van der Waals surface area contributed by atoms with E-state index in [4.69, 9.17) is 0 Å². The summed E-state index contributed by atoms with van der Waals surface area (Å²) in [5.41, 5.74) is 3.52. The van der Waals surface area contributed by atoms with E-state index < -0.39 is 0 Å². The van der Waals surface area contributed by atoms with E-state index in [9.17, 15) is 4.79 Å². The van der Waals surface area contributed by atoms with E-state index in [-0.39, 0.29) is 5.91 Å². The predicted octanol–water partition coefficient (Wildman–Crippen LogP) is 4.08.